The van der Waals surface area contributed by atoms with Crippen LogP contribution in [-0.4, -0.2) is 34.8 Å². The molecule has 0 saturated heterocycles. The van der Waals surface area contributed by atoms with Gasteiger partial charge in [0.2, 0.25) is 0 Å². The number of thioether (sulfide) groups is 1. The molecule has 0 aromatic carbocycles. The van der Waals surface area contributed by atoms with Gasteiger partial charge in [0.05, 0.1) is 29.4 Å². The lowest BCUT2D eigenvalue weighted by molar-refractivity contribution is 0.682. The van der Waals surface area contributed by atoms with E-state index in [1.165, 1.54) is 11.8 Å². The Labute approximate surface area is 125 Å². The molecule has 2 heterocycles. The van der Waals surface area contributed by atoms with Crippen LogP contribution in [0.2, 0.25) is 0 Å². The van der Waals surface area contributed by atoms with Gasteiger partial charge in [-0.1, -0.05) is 25.1 Å². The van der Waals surface area contributed by atoms with Crippen LogP contribution in [0.3, 0.4) is 0 Å². The minimum Gasteiger partial charge on any atom is -0.275 e. The van der Waals surface area contributed by atoms with E-state index in [0.717, 1.165) is 34.9 Å². The number of hydrogen-bond donors (Lipinski definition) is 0. The van der Waals surface area contributed by atoms with Crippen LogP contribution in [0.4, 0.5) is 0 Å². The lowest BCUT2D eigenvalue weighted by Crippen LogP contribution is -2.00. The Morgan fingerprint density at radius 3 is 2.90 bits per heavy atom. The first-order chi connectivity index (χ1) is 9.69. The minimum absolute atomic E-state index is 0.575. The molecule has 0 aliphatic rings. The van der Waals surface area contributed by atoms with Crippen molar-refractivity contribution in [2.45, 2.75) is 24.8 Å². The monoisotopic (exact) mass is 310 g/mol. The zero-order chi connectivity index (χ0) is 14.4. The Morgan fingerprint density at radius 2 is 2.20 bits per heavy atom. The Hall–Kier alpha value is -1.21. The van der Waals surface area contributed by atoms with Crippen molar-refractivity contribution in [1.82, 2.24) is 19.7 Å². The normalized spacial score (nSPS) is 12.5. The maximum atomic E-state index is 11.8. The van der Waals surface area contributed by atoms with Gasteiger partial charge in [-0.05, 0) is 6.42 Å². The standard InChI is InChI=1S/C13H18N4OS2/c1-3-4-5-20(18)10-19-13-8-14-7-12(16-13)11-6-15-17(2)9-11/h6-9H,3-5,10H2,1-2H3. The van der Waals surface area contributed by atoms with Gasteiger partial charge in [-0.2, -0.15) is 5.10 Å². The van der Waals surface area contributed by atoms with Crippen LogP contribution in [0, 0.1) is 0 Å². The van der Waals surface area contributed by atoms with E-state index in [1.807, 2.05) is 13.2 Å². The summed E-state index contributed by atoms with van der Waals surface area (Å²) in [6, 6.07) is 0. The highest BCUT2D eigenvalue weighted by atomic mass is 32.2. The van der Waals surface area contributed by atoms with Gasteiger partial charge in [-0.3, -0.25) is 13.9 Å². The number of nitrogens with zero attached hydrogens (tertiary/aromatic N) is 4. The summed E-state index contributed by atoms with van der Waals surface area (Å²) in [7, 11) is 1.08. The highest BCUT2D eigenvalue weighted by molar-refractivity contribution is 8.10. The molecule has 2 rings (SSSR count). The number of hydrogen-bond acceptors (Lipinski definition) is 5. The van der Waals surface area contributed by atoms with Crippen LogP contribution in [0.15, 0.2) is 29.8 Å². The molecule has 0 N–H and O–H groups in total. The third-order valence-electron chi connectivity index (χ3n) is 2.68. The molecule has 20 heavy (non-hydrogen) atoms. The van der Waals surface area contributed by atoms with Gasteiger partial charge in [0, 0.05) is 35.4 Å². The second-order valence-corrected chi connectivity index (χ2v) is 7.34. The molecule has 1 unspecified atom stereocenters. The molecular weight excluding hydrogens is 292 g/mol. The van der Waals surface area contributed by atoms with E-state index in [2.05, 4.69) is 22.0 Å². The smallest absolute Gasteiger partial charge is 0.116 e. The number of aromatic nitrogens is 4. The van der Waals surface area contributed by atoms with Crippen molar-refractivity contribution >= 4 is 22.6 Å². The molecule has 0 amide bonds. The minimum atomic E-state index is -0.789. The van der Waals surface area contributed by atoms with Crippen LogP contribution in [0.25, 0.3) is 11.3 Å². The van der Waals surface area contributed by atoms with Crippen molar-refractivity contribution in [3.63, 3.8) is 0 Å². The van der Waals surface area contributed by atoms with E-state index < -0.39 is 10.8 Å². The van der Waals surface area contributed by atoms with Gasteiger partial charge in [-0.25, -0.2) is 4.98 Å². The fraction of sp³-hybridized carbons (Fsp3) is 0.462. The molecular formula is C13H18N4OS2. The van der Waals surface area contributed by atoms with Crippen molar-refractivity contribution in [3.05, 3.63) is 24.8 Å². The third-order valence-corrected chi connectivity index (χ3v) is 5.44. The van der Waals surface area contributed by atoms with Gasteiger partial charge in [0.15, 0.2) is 0 Å². The Bertz CT molecular complexity index is 585. The van der Waals surface area contributed by atoms with E-state index in [0.29, 0.717) is 5.08 Å². The van der Waals surface area contributed by atoms with Crippen LogP contribution >= 0.6 is 11.8 Å². The summed E-state index contributed by atoms with van der Waals surface area (Å²) in [5, 5.41) is 5.50. The Kier molecular flexibility index (Phi) is 5.72. The molecule has 2 aromatic rings. The zero-order valence-corrected chi connectivity index (χ0v) is 13.3. The summed E-state index contributed by atoms with van der Waals surface area (Å²) in [6.07, 6.45) is 9.17. The van der Waals surface area contributed by atoms with Gasteiger partial charge >= 0.3 is 0 Å². The quantitative estimate of drug-likeness (QED) is 0.735. The summed E-state index contributed by atoms with van der Waals surface area (Å²) >= 11 is 1.49. The van der Waals surface area contributed by atoms with Gasteiger partial charge < -0.3 is 0 Å². The number of rotatable bonds is 7. The van der Waals surface area contributed by atoms with Crippen LogP contribution in [0.1, 0.15) is 19.8 Å². The van der Waals surface area contributed by atoms with Crippen LogP contribution < -0.4 is 0 Å². The lowest BCUT2D eigenvalue weighted by Gasteiger charge is -2.02. The average Bonchev–Trinajstić information content (AvgIpc) is 2.90. The second kappa shape index (κ2) is 7.54. The molecule has 0 bridgehead atoms. The lowest BCUT2D eigenvalue weighted by atomic mass is 10.3. The average molecular weight is 310 g/mol. The molecule has 0 saturated carbocycles. The number of unbranched alkanes of at least 4 members (excludes halogenated alkanes) is 1. The highest BCUT2D eigenvalue weighted by Gasteiger charge is 2.06. The fourth-order valence-electron chi connectivity index (χ4n) is 1.60. The van der Waals surface area contributed by atoms with Crippen LogP contribution in [0.5, 0.6) is 0 Å². The first-order valence-corrected chi connectivity index (χ1v) is 8.95. The van der Waals surface area contributed by atoms with Crippen molar-refractivity contribution in [1.29, 1.82) is 0 Å². The molecule has 108 valence electrons. The summed E-state index contributed by atoms with van der Waals surface area (Å²) < 4.78 is 13.5. The summed E-state index contributed by atoms with van der Waals surface area (Å²) in [4.78, 5) is 8.71. The molecule has 0 aliphatic carbocycles. The van der Waals surface area contributed by atoms with E-state index in [1.54, 1.807) is 23.3 Å². The summed E-state index contributed by atoms with van der Waals surface area (Å²) in [5.74, 6) is 0.763. The van der Waals surface area contributed by atoms with Crippen molar-refractivity contribution in [2.75, 3.05) is 10.8 Å². The predicted molar refractivity (Wildman–Crippen MR) is 82.9 cm³/mol. The van der Waals surface area contributed by atoms with Crippen molar-refractivity contribution < 1.29 is 4.21 Å². The Balaban J connectivity index is 1.98. The van der Waals surface area contributed by atoms with Crippen molar-refractivity contribution in [3.8, 4) is 11.3 Å². The van der Waals surface area contributed by atoms with E-state index in [-0.39, 0.29) is 0 Å². The SMILES string of the molecule is CCCCS(=O)CSc1cncc(-c2cnn(C)c2)n1. The molecule has 2 aromatic heterocycles. The zero-order valence-electron chi connectivity index (χ0n) is 11.7. The Morgan fingerprint density at radius 1 is 1.35 bits per heavy atom. The topological polar surface area (TPSA) is 60.7 Å². The van der Waals surface area contributed by atoms with E-state index in [4.69, 9.17) is 0 Å². The predicted octanol–water partition coefficient (Wildman–Crippen LogP) is 2.48. The van der Waals surface area contributed by atoms with Crippen molar-refractivity contribution in [2.24, 2.45) is 7.05 Å². The maximum absolute atomic E-state index is 11.8. The summed E-state index contributed by atoms with van der Waals surface area (Å²) in [6.45, 7) is 2.10. The molecule has 1 atom stereocenters. The van der Waals surface area contributed by atoms with E-state index in [9.17, 15) is 4.21 Å². The first-order valence-electron chi connectivity index (χ1n) is 6.48. The number of aryl methyl sites for hydroxylation is 1. The van der Waals surface area contributed by atoms with Crippen LogP contribution in [-0.2, 0) is 17.8 Å². The molecule has 0 radical (unpaired) electrons. The summed E-state index contributed by atoms with van der Waals surface area (Å²) in [5.41, 5.74) is 1.73. The van der Waals surface area contributed by atoms with E-state index >= 15 is 0 Å². The molecule has 5 nitrogen and oxygen atoms in total. The second-order valence-electron chi connectivity index (χ2n) is 4.40. The van der Waals surface area contributed by atoms with Gasteiger partial charge in [-0.15, -0.1) is 0 Å². The molecule has 0 fully saturated rings. The fourth-order valence-corrected chi connectivity index (χ4v) is 3.99. The molecule has 0 spiro atoms. The molecule has 7 heteroatoms. The maximum Gasteiger partial charge on any atom is 0.116 e. The third kappa shape index (κ3) is 4.42. The first kappa shape index (κ1) is 15.2. The molecule has 0 aliphatic heterocycles. The largest absolute Gasteiger partial charge is 0.275 e. The van der Waals surface area contributed by atoms with Gasteiger partial charge in [0.25, 0.3) is 0 Å². The highest BCUT2D eigenvalue weighted by Crippen LogP contribution is 2.20. The van der Waals surface area contributed by atoms with Gasteiger partial charge in [0.1, 0.15) is 5.03 Å².